The van der Waals surface area contributed by atoms with Gasteiger partial charge in [-0.1, -0.05) is 12.1 Å². The van der Waals surface area contributed by atoms with E-state index in [0.29, 0.717) is 18.3 Å². The molecule has 0 spiro atoms. The van der Waals surface area contributed by atoms with E-state index in [1.165, 1.54) is 6.42 Å². The van der Waals surface area contributed by atoms with E-state index in [-0.39, 0.29) is 0 Å². The molecule has 4 nitrogen and oxygen atoms in total. The second-order valence-electron chi connectivity index (χ2n) is 3.69. The summed E-state index contributed by atoms with van der Waals surface area (Å²) in [6.07, 6.45) is 4.90. The minimum atomic E-state index is 0.321. The van der Waals surface area contributed by atoms with Crippen LogP contribution in [0.2, 0.25) is 0 Å². The van der Waals surface area contributed by atoms with Crippen molar-refractivity contribution in [2.24, 2.45) is 10.9 Å². The van der Waals surface area contributed by atoms with Crippen molar-refractivity contribution in [3.63, 3.8) is 0 Å². The van der Waals surface area contributed by atoms with Gasteiger partial charge in [0.25, 0.3) is 0 Å². The molecule has 0 aromatic rings. The molecule has 1 atom stereocenters. The molecular formula is C10H23N3OS. The quantitative estimate of drug-likeness (QED) is 0.289. The van der Waals surface area contributed by atoms with Crippen LogP contribution in [0.4, 0.5) is 0 Å². The molecule has 3 N–H and O–H groups in total. The Morgan fingerprint density at radius 3 is 2.73 bits per heavy atom. The molecule has 90 valence electrons. The van der Waals surface area contributed by atoms with E-state index in [4.69, 9.17) is 10.9 Å². The number of thioether (sulfide) groups is 1. The predicted octanol–water partition coefficient (Wildman–Crippen LogP) is 1.59. The van der Waals surface area contributed by atoms with E-state index < -0.39 is 0 Å². The molecule has 0 rings (SSSR count). The molecule has 1 unspecified atom stereocenters. The summed E-state index contributed by atoms with van der Waals surface area (Å²) in [4.78, 5) is 2.35. The van der Waals surface area contributed by atoms with E-state index in [0.717, 1.165) is 18.7 Å². The van der Waals surface area contributed by atoms with Crippen molar-refractivity contribution in [1.82, 2.24) is 4.90 Å². The highest BCUT2D eigenvalue weighted by atomic mass is 32.2. The molecule has 0 amide bonds. The Labute approximate surface area is 96.9 Å². The lowest BCUT2D eigenvalue weighted by Gasteiger charge is -2.26. The fraction of sp³-hybridized carbons (Fsp3) is 0.900. The zero-order valence-corrected chi connectivity index (χ0v) is 10.8. The van der Waals surface area contributed by atoms with Gasteiger partial charge in [0.2, 0.25) is 0 Å². The van der Waals surface area contributed by atoms with Crippen molar-refractivity contribution >= 4 is 17.6 Å². The van der Waals surface area contributed by atoms with E-state index in [1.54, 1.807) is 0 Å². The third-order valence-corrected chi connectivity index (χ3v) is 3.24. The van der Waals surface area contributed by atoms with E-state index in [2.05, 4.69) is 30.3 Å². The topological polar surface area (TPSA) is 61.8 Å². The zero-order chi connectivity index (χ0) is 11.7. The first-order valence-electron chi connectivity index (χ1n) is 5.31. The third kappa shape index (κ3) is 6.62. The Kier molecular flexibility index (Phi) is 8.61. The number of amidine groups is 1. The van der Waals surface area contributed by atoms with Crippen LogP contribution in [0.15, 0.2) is 5.16 Å². The lowest BCUT2D eigenvalue weighted by Crippen LogP contribution is -2.34. The van der Waals surface area contributed by atoms with Gasteiger partial charge in [0.1, 0.15) is 5.84 Å². The second-order valence-corrected chi connectivity index (χ2v) is 4.60. The zero-order valence-electron chi connectivity index (χ0n) is 9.94. The van der Waals surface area contributed by atoms with Crippen molar-refractivity contribution in [2.45, 2.75) is 32.2 Å². The molecule has 0 aliphatic rings. The van der Waals surface area contributed by atoms with Crippen molar-refractivity contribution < 1.29 is 5.21 Å². The van der Waals surface area contributed by atoms with Crippen LogP contribution in [0, 0.1) is 0 Å². The summed E-state index contributed by atoms with van der Waals surface area (Å²) in [5, 5.41) is 11.3. The van der Waals surface area contributed by atoms with E-state index in [1.807, 2.05) is 11.8 Å². The number of hydrogen-bond acceptors (Lipinski definition) is 4. The minimum Gasteiger partial charge on any atom is -0.409 e. The normalized spacial score (nSPS) is 14.5. The molecule has 5 heteroatoms. The van der Waals surface area contributed by atoms with Gasteiger partial charge in [-0.2, -0.15) is 11.8 Å². The van der Waals surface area contributed by atoms with Gasteiger partial charge in [-0.05, 0) is 32.7 Å². The Morgan fingerprint density at radius 1 is 1.60 bits per heavy atom. The van der Waals surface area contributed by atoms with Gasteiger partial charge in [0, 0.05) is 18.2 Å². The Balaban J connectivity index is 3.75. The fourth-order valence-corrected chi connectivity index (χ4v) is 2.37. The number of hydrogen-bond donors (Lipinski definition) is 2. The van der Waals surface area contributed by atoms with Gasteiger partial charge in [0.05, 0.1) is 0 Å². The highest BCUT2D eigenvalue weighted by molar-refractivity contribution is 7.98. The van der Waals surface area contributed by atoms with Crippen molar-refractivity contribution in [3.05, 3.63) is 0 Å². The largest absolute Gasteiger partial charge is 0.409 e. The highest BCUT2D eigenvalue weighted by Gasteiger charge is 2.11. The molecule has 0 fully saturated rings. The van der Waals surface area contributed by atoms with Crippen LogP contribution in [0.3, 0.4) is 0 Å². The van der Waals surface area contributed by atoms with Gasteiger partial charge in [-0.25, -0.2) is 0 Å². The summed E-state index contributed by atoms with van der Waals surface area (Å²) < 4.78 is 0. The first-order valence-corrected chi connectivity index (χ1v) is 6.70. The molecule has 0 saturated heterocycles. The molecule has 0 radical (unpaired) electrons. The SMILES string of the molecule is CCC(CSC)N(C)CCCC(N)=NO. The smallest absolute Gasteiger partial charge is 0.139 e. The third-order valence-electron chi connectivity index (χ3n) is 2.53. The minimum absolute atomic E-state index is 0.321. The van der Waals surface area contributed by atoms with Crippen LogP contribution in [-0.2, 0) is 0 Å². The molecule has 0 bridgehead atoms. The monoisotopic (exact) mass is 233 g/mol. The average Bonchev–Trinajstić information content (AvgIpc) is 2.25. The van der Waals surface area contributed by atoms with Gasteiger partial charge < -0.3 is 15.8 Å². The number of nitrogens with zero attached hydrogens (tertiary/aromatic N) is 2. The van der Waals surface area contributed by atoms with E-state index in [9.17, 15) is 0 Å². The number of rotatable bonds is 8. The van der Waals surface area contributed by atoms with Gasteiger partial charge in [-0.3, -0.25) is 0 Å². The predicted molar refractivity (Wildman–Crippen MR) is 67.7 cm³/mol. The van der Waals surface area contributed by atoms with Crippen LogP contribution >= 0.6 is 11.8 Å². The van der Waals surface area contributed by atoms with Crippen molar-refractivity contribution in [3.8, 4) is 0 Å². The summed E-state index contributed by atoms with van der Waals surface area (Å²) in [6.45, 7) is 3.20. The van der Waals surface area contributed by atoms with Crippen LogP contribution in [-0.4, -0.2) is 47.6 Å². The standard InChI is InChI=1S/C10H23N3OS/c1-4-9(8-15-3)13(2)7-5-6-10(11)12-14/h9,14H,4-8H2,1-3H3,(H2,11,12). The Morgan fingerprint density at radius 2 is 2.27 bits per heavy atom. The molecular weight excluding hydrogens is 210 g/mol. The Hall–Kier alpha value is -0.420. The summed E-state index contributed by atoms with van der Waals surface area (Å²) in [7, 11) is 2.14. The van der Waals surface area contributed by atoms with Gasteiger partial charge in [-0.15, -0.1) is 0 Å². The number of oxime groups is 1. The first-order chi connectivity index (χ1) is 7.15. The van der Waals surface area contributed by atoms with Crippen LogP contribution in [0.1, 0.15) is 26.2 Å². The summed E-state index contributed by atoms with van der Waals surface area (Å²) in [5.41, 5.74) is 5.40. The van der Waals surface area contributed by atoms with Crippen molar-refractivity contribution in [1.29, 1.82) is 0 Å². The first kappa shape index (κ1) is 14.6. The maximum Gasteiger partial charge on any atom is 0.139 e. The summed E-state index contributed by atoms with van der Waals surface area (Å²) >= 11 is 1.88. The van der Waals surface area contributed by atoms with Crippen molar-refractivity contribution in [2.75, 3.05) is 25.6 Å². The molecule has 0 saturated carbocycles. The summed E-state index contributed by atoms with van der Waals surface area (Å²) in [5.74, 6) is 1.48. The Bertz CT molecular complexity index is 188. The fourth-order valence-electron chi connectivity index (χ4n) is 1.49. The molecule has 0 heterocycles. The molecule has 15 heavy (non-hydrogen) atoms. The molecule has 0 aromatic heterocycles. The number of nitrogens with two attached hydrogens (primary N) is 1. The molecule has 0 aromatic carbocycles. The van der Waals surface area contributed by atoms with Gasteiger partial charge >= 0.3 is 0 Å². The van der Waals surface area contributed by atoms with Crippen LogP contribution in [0.25, 0.3) is 0 Å². The maximum absolute atomic E-state index is 8.39. The maximum atomic E-state index is 8.39. The van der Waals surface area contributed by atoms with Crippen LogP contribution in [0.5, 0.6) is 0 Å². The van der Waals surface area contributed by atoms with Gasteiger partial charge in [0.15, 0.2) is 0 Å². The van der Waals surface area contributed by atoms with E-state index >= 15 is 0 Å². The lowest BCUT2D eigenvalue weighted by atomic mass is 10.2. The molecule has 0 aliphatic carbocycles. The lowest BCUT2D eigenvalue weighted by molar-refractivity contribution is 0.254. The second kappa shape index (κ2) is 8.85. The van der Waals surface area contributed by atoms with Crippen LogP contribution < -0.4 is 5.73 Å². The molecule has 0 aliphatic heterocycles. The highest BCUT2D eigenvalue weighted by Crippen LogP contribution is 2.09. The summed E-state index contributed by atoms with van der Waals surface area (Å²) in [6, 6.07) is 0.632. The average molecular weight is 233 g/mol.